The molecule has 1 heterocycles. The summed E-state index contributed by atoms with van der Waals surface area (Å²) in [5.74, 6) is 0.378. The van der Waals surface area contributed by atoms with Crippen molar-refractivity contribution in [1.82, 2.24) is 5.32 Å². The van der Waals surface area contributed by atoms with Crippen LogP contribution in [-0.4, -0.2) is 11.6 Å². The number of dihydropyridines is 1. The topological polar surface area (TPSA) is 46.2 Å². The molecule has 0 bridgehead atoms. The second-order valence-corrected chi connectivity index (χ2v) is 8.21. The van der Waals surface area contributed by atoms with Gasteiger partial charge in [0, 0.05) is 40.3 Å². The Bertz CT molecular complexity index is 1070. The Morgan fingerprint density at radius 2 is 1.61 bits per heavy atom. The summed E-state index contributed by atoms with van der Waals surface area (Å²) in [4.78, 5) is 26.3. The molecule has 3 aliphatic rings. The van der Waals surface area contributed by atoms with E-state index in [9.17, 15) is 9.59 Å². The van der Waals surface area contributed by atoms with E-state index in [1.54, 1.807) is 0 Å². The molecule has 2 aromatic carbocycles. The number of hydrogen-bond acceptors (Lipinski definition) is 3. The lowest BCUT2D eigenvalue weighted by Gasteiger charge is -2.33. The Kier molecular flexibility index (Phi) is 3.87. The van der Waals surface area contributed by atoms with Crippen molar-refractivity contribution in [2.45, 2.75) is 44.9 Å². The molecule has 1 N–H and O–H groups in total. The first-order valence-electron chi connectivity index (χ1n) is 10.1. The molecular formula is C25H23NO2. The van der Waals surface area contributed by atoms with Crippen LogP contribution >= 0.6 is 0 Å². The normalized spacial score (nSPS) is 20.9. The van der Waals surface area contributed by atoms with Crippen molar-refractivity contribution in [3.05, 3.63) is 87.6 Å². The zero-order valence-corrected chi connectivity index (χ0v) is 16.2. The largest absolute Gasteiger partial charge is 0.358 e. The molecule has 1 atom stereocenters. The first-order chi connectivity index (χ1) is 13.6. The van der Waals surface area contributed by atoms with Crippen LogP contribution in [0, 0.1) is 0 Å². The number of Topliss-reactive ketones (excluding diaryl/α,β-unsaturated/α-hetero) is 2. The highest BCUT2D eigenvalue weighted by atomic mass is 16.1. The lowest BCUT2D eigenvalue weighted by molar-refractivity contribution is -0.116. The highest BCUT2D eigenvalue weighted by Gasteiger charge is 2.43. The molecule has 28 heavy (non-hydrogen) atoms. The van der Waals surface area contributed by atoms with Gasteiger partial charge in [0.2, 0.25) is 0 Å². The molecule has 0 saturated carbocycles. The summed E-state index contributed by atoms with van der Waals surface area (Å²) < 4.78 is 0. The molecule has 0 fully saturated rings. The first-order valence-corrected chi connectivity index (χ1v) is 10.1. The maximum Gasteiger partial charge on any atom is 0.192 e. The molecule has 0 amide bonds. The van der Waals surface area contributed by atoms with Crippen LogP contribution in [0.4, 0.5) is 0 Å². The van der Waals surface area contributed by atoms with E-state index in [0.717, 1.165) is 52.1 Å². The van der Waals surface area contributed by atoms with Gasteiger partial charge in [-0.3, -0.25) is 9.59 Å². The number of ketones is 2. The molecular weight excluding hydrogens is 346 g/mol. The van der Waals surface area contributed by atoms with Crippen molar-refractivity contribution in [1.29, 1.82) is 0 Å². The molecule has 2 aromatic rings. The van der Waals surface area contributed by atoms with Crippen molar-refractivity contribution in [3.8, 4) is 0 Å². The number of allylic oxidation sites excluding steroid dienone is 3. The van der Waals surface area contributed by atoms with Crippen molar-refractivity contribution in [3.63, 3.8) is 0 Å². The molecule has 140 valence electrons. The summed E-state index contributed by atoms with van der Waals surface area (Å²) in [7, 11) is 0. The second-order valence-electron chi connectivity index (χ2n) is 8.21. The Labute approximate surface area is 165 Å². The molecule has 0 spiro atoms. The van der Waals surface area contributed by atoms with Crippen LogP contribution in [0.5, 0.6) is 0 Å². The predicted octanol–water partition coefficient (Wildman–Crippen LogP) is 5.11. The molecule has 0 saturated heterocycles. The average Bonchev–Trinajstić information content (AvgIpc) is 2.99. The van der Waals surface area contributed by atoms with Crippen LogP contribution in [0.3, 0.4) is 0 Å². The van der Waals surface area contributed by atoms with Crippen molar-refractivity contribution >= 4 is 17.3 Å². The third-order valence-electron chi connectivity index (χ3n) is 6.20. The highest BCUT2D eigenvalue weighted by molar-refractivity contribution is 6.23. The number of hydrogen-bond donors (Lipinski definition) is 1. The van der Waals surface area contributed by atoms with E-state index in [2.05, 4.69) is 43.4 Å². The van der Waals surface area contributed by atoms with Gasteiger partial charge in [0.05, 0.1) is 5.70 Å². The van der Waals surface area contributed by atoms with Crippen LogP contribution in [0.2, 0.25) is 0 Å². The molecule has 5 rings (SSSR count). The highest BCUT2D eigenvalue weighted by Crippen LogP contribution is 2.48. The van der Waals surface area contributed by atoms with E-state index >= 15 is 0 Å². The number of benzene rings is 2. The number of carbonyl (C=O) groups excluding carboxylic acids is 2. The van der Waals surface area contributed by atoms with Gasteiger partial charge in [0.25, 0.3) is 0 Å². The smallest absolute Gasteiger partial charge is 0.192 e. The van der Waals surface area contributed by atoms with E-state index in [0.29, 0.717) is 12.3 Å². The minimum absolute atomic E-state index is 0.0426. The summed E-state index contributed by atoms with van der Waals surface area (Å²) in [6, 6.07) is 16.2. The fourth-order valence-electron chi connectivity index (χ4n) is 4.74. The molecule has 0 aromatic heterocycles. The SMILES string of the molecule is CC(C)c1ccc([C@@H]2C3=C(CCCC3=O)NC3=C2C(=O)c2ccccc23)cc1. The van der Waals surface area contributed by atoms with Crippen molar-refractivity contribution < 1.29 is 9.59 Å². The van der Waals surface area contributed by atoms with Gasteiger partial charge in [-0.2, -0.15) is 0 Å². The summed E-state index contributed by atoms with van der Waals surface area (Å²) >= 11 is 0. The molecule has 3 nitrogen and oxygen atoms in total. The average molecular weight is 369 g/mol. The van der Waals surface area contributed by atoms with Gasteiger partial charge in [-0.25, -0.2) is 0 Å². The minimum Gasteiger partial charge on any atom is -0.358 e. The Balaban J connectivity index is 1.70. The first kappa shape index (κ1) is 17.2. The van der Waals surface area contributed by atoms with Crippen LogP contribution in [0.15, 0.2) is 65.4 Å². The third kappa shape index (κ3) is 2.42. The zero-order chi connectivity index (χ0) is 19.4. The van der Waals surface area contributed by atoms with Crippen LogP contribution < -0.4 is 5.32 Å². The van der Waals surface area contributed by atoms with Gasteiger partial charge in [-0.15, -0.1) is 0 Å². The van der Waals surface area contributed by atoms with E-state index < -0.39 is 0 Å². The Morgan fingerprint density at radius 3 is 2.32 bits per heavy atom. The van der Waals surface area contributed by atoms with Gasteiger partial charge in [0.15, 0.2) is 11.6 Å². The summed E-state index contributed by atoms with van der Waals surface area (Å²) in [5.41, 5.74) is 7.40. The molecule has 0 unspecified atom stereocenters. The molecule has 0 radical (unpaired) electrons. The standard InChI is InChI=1S/C25H23NO2/c1-14(2)15-10-12-16(13-11-15)21-22-19(8-5-9-20(22)27)26-24-17-6-3-4-7-18(17)25(28)23(21)24/h3-4,6-7,10-14,21,26H,5,8-9H2,1-2H3/t21-/m1/s1. The molecule has 1 aliphatic heterocycles. The lowest BCUT2D eigenvalue weighted by atomic mass is 9.74. The van der Waals surface area contributed by atoms with Gasteiger partial charge in [-0.05, 0) is 29.9 Å². The monoisotopic (exact) mass is 369 g/mol. The summed E-state index contributed by atoms with van der Waals surface area (Å²) in [6.45, 7) is 4.34. The van der Waals surface area contributed by atoms with Gasteiger partial charge in [0.1, 0.15) is 0 Å². The Hall–Kier alpha value is -2.94. The maximum absolute atomic E-state index is 13.3. The van der Waals surface area contributed by atoms with E-state index in [1.807, 2.05) is 24.3 Å². The Morgan fingerprint density at radius 1 is 0.893 bits per heavy atom. The van der Waals surface area contributed by atoms with E-state index in [1.165, 1.54) is 5.56 Å². The second kappa shape index (κ2) is 6.30. The van der Waals surface area contributed by atoms with Crippen molar-refractivity contribution in [2.75, 3.05) is 0 Å². The summed E-state index contributed by atoms with van der Waals surface area (Å²) in [6.07, 6.45) is 2.28. The summed E-state index contributed by atoms with van der Waals surface area (Å²) in [5, 5.41) is 3.48. The van der Waals surface area contributed by atoms with Crippen LogP contribution in [-0.2, 0) is 4.79 Å². The fraction of sp³-hybridized carbons (Fsp3) is 0.280. The number of nitrogens with one attached hydrogen (secondary N) is 1. The minimum atomic E-state index is -0.278. The zero-order valence-electron chi connectivity index (χ0n) is 16.2. The molecule has 2 aliphatic carbocycles. The quantitative estimate of drug-likeness (QED) is 0.800. The van der Waals surface area contributed by atoms with Crippen LogP contribution in [0.1, 0.15) is 72.0 Å². The maximum atomic E-state index is 13.3. The lowest BCUT2D eigenvalue weighted by Crippen LogP contribution is -2.31. The van der Waals surface area contributed by atoms with Gasteiger partial charge < -0.3 is 5.32 Å². The van der Waals surface area contributed by atoms with Gasteiger partial charge >= 0.3 is 0 Å². The van der Waals surface area contributed by atoms with Crippen LogP contribution in [0.25, 0.3) is 5.70 Å². The third-order valence-corrected chi connectivity index (χ3v) is 6.20. The molecule has 3 heteroatoms. The number of rotatable bonds is 2. The number of fused-ring (bicyclic) bond motifs is 2. The predicted molar refractivity (Wildman–Crippen MR) is 110 cm³/mol. The van der Waals surface area contributed by atoms with E-state index in [-0.39, 0.29) is 17.5 Å². The number of carbonyl (C=O) groups is 2. The van der Waals surface area contributed by atoms with E-state index in [4.69, 9.17) is 0 Å². The van der Waals surface area contributed by atoms with Gasteiger partial charge in [-0.1, -0.05) is 62.4 Å². The fourth-order valence-corrected chi connectivity index (χ4v) is 4.74. The van der Waals surface area contributed by atoms with Crippen molar-refractivity contribution in [2.24, 2.45) is 0 Å².